The van der Waals surface area contributed by atoms with Crippen LogP contribution in [-0.2, 0) is 11.2 Å². The third-order valence-electron chi connectivity index (χ3n) is 6.58. The van der Waals surface area contributed by atoms with Crippen LogP contribution in [0.2, 0.25) is 5.02 Å². The molecular weight excluding hydrogens is 544 g/mol. The van der Waals surface area contributed by atoms with Gasteiger partial charge >= 0.3 is 0 Å². The monoisotopic (exact) mass is 568 g/mol. The van der Waals surface area contributed by atoms with Crippen LogP contribution in [0.5, 0.6) is 5.75 Å². The van der Waals surface area contributed by atoms with E-state index in [0.29, 0.717) is 39.0 Å². The Bertz CT molecular complexity index is 1750. The molecule has 5 rings (SSSR count). The summed E-state index contributed by atoms with van der Waals surface area (Å²) in [5.41, 5.74) is 2.94. The maximum absolute atomic E-state index is 13.7. The van der Waals surface area contributed by atoms with E-state index in [1.54, 1.807) is 42.5 Å². The van der Waals surface area contributed by atoms with Gasteiger partial charge in [0.25, 0.3) is 5.56 Å². The highest BCUT2D eigenvalue weighted by molar-refractivity contribution is 6.31. The number of carbonyl (C=O) groups is 2. The van der Waals surface area contributed by atoms with Gasteiger partial charge in [-0.1, -0.05) is 41.9 Å². The molecule has 41 heavy (non-hydrogen) atoms. The summed E-state index contributed by atoms with van der Waals surface area (Å²) in [6.45, 7) is 1.44. The molecule has 0 aliphatic rings. The molecule has 1 amide bonds. The molecule has 0 aliphatic carbocycles. The van der Waals surface area contributed by atoms with Crippen LogP contribution in [0.15, 0.2) is 89.9 Å². The van der Waals surface area contributed by atoms with Crippen molar-refractivity contribution in [2.45, 2.75) is 19.4 Å². The number of methoxy groups -OCH3 is 1. The number of tetrazole rings is 1. The second kappa shape index (κ2) is 12.0. The van der Waals surface area contributed by atoms with Crippen molar-refractivity contribution in [3.63, 3.8) is 0 Å². The van der Waals surface area contributed by atoms with E-state index in [2.05, 4.69) is 25.9 Å². The molecule has 0 bridgehead atoms. The number of H-pyrrole nitrogens is 1. The highest BCUT2D eigenvalue weighted by Crippen LogP contribution is 2.34. The number of pyridine rings is 1. The Kier molecular flexibility index (Phi) is 8.02. The Hall–Kier alpha value is -5.09. The number of hydrogen-bond donors (Lipinski definition) is 2. The largest absolute Gasteiger partial charge is 0.495 e. The van der Waals surface area contributed by atoms with Crippen LogP contribution in [0.3, 0.4) is 0 Å². The first-order valence-electron chi connectivity index (χ1n) is 12.6. The van der Waals surface area contributed by atoms with E-state index < -0.39 is 17.5 Å². The summed E-state index contributed by atoms with van der Waals surface area (Å²) in [5, 5.41) is 17.2. The molecule has 1 atom stereocenters. The summed E-state index contributed by atoms with van der Waals surface area (Å²) in [6, 6.07) is 21.6. The van der Waals surface area contributed by atoms with Crippen LogP contribution in [0.1, 0.15) is 28.9 Å². The number of carbonyl (C=O) groups excluding carboxylic acids is 2. The number of rotatable bonds is 9. The lowest BCUT2D eigenvalue weighted by molar-refractivity contribution is -0.119. The van der Waals surface area contributed by atoms with E-state index in [4.69, 9.17) is 16.3 Å². The topological polar surface area (TPSA) is 132 Å². The predicted octanol–water partition coefficient (Wildman–Crippen LogP) is 4.98. The van der Waals surface area contributed by atoms with Crippen molar-refractivity contribution in [3.05, 3.63) is 112 Å². The van der Waals surface area contributed by atoms with Gasteiger partial charge in [-0.15, -0.1) is 10.2 Å². The normalized spacial score (nSPS) is 11.6. The predicted molar refractivity (Wildman–Crippen MR) is 155 cm³/mol. The summed E-state index contributed by atoms with van der Waals surface area (Å²) in [6.07, 6.45) is 1.74. The van der Waals surface area contributed by atoms with E-state index in [1.807, 2.05) is 30.3 Å². The molecule has 5 aromatic rings. The molecule has 0 saturated carbocycles. The minimum atomic E-state index is -0.920. The maximum atomic E-state index is 13.7. The molecule has 2 heterocycles. The summed E-state index contributed by atoms with van der Waals surface area (Å²) in [7, 11) is 1.46. The van der Waals surface area contributed by atoms with Gasteiger partial charge in [0, 0.05) is 39.9 Å². The lowest BCUT2D eigenvalue weighted by Crippen LogP contribution is -2.34. The fourth-order valence-electron chi connectivity index (χ4n) is 4.56. The van der Waals surface area contributed by atoms with Gasteiger partial charge in [0.15, 0.2) is 5.78 Å². The minimum absolute atomic E-state index is 0.186. The second-order valence-electron chi connectivity index (χ2n) is 9.25. The smallest absolute Gasteiger partial charge is 0.252 e. The van der Waals surface area contributed by atoms with E-state index in [-0.39, 0.29) is 12.2 Å². The van der Waals surface area contributed by atoms with Gasteiger partial charge in [0.2, 0.25) is 11.7 Å². The van der Waals surface area contributed by atoms with Crippen LogP contribution in [0, 0.1) is 0 Å². The lowest BCUT2D eigenvalue weighted by atomic mass is 9.97. The highest BCUT2D eigenvalue weighted by Gasteiger charge is 2.25. The molecule has 2 N–H and O–H groups in total. The molecule has 2 aromatic heterocycles. The van der Waals surface area contributed by atoms with Crippen LogP contribution in [-0.4, -0.2) is 44.0 Å². The van der Waals surface area contributed by atoms with Crippen molar-refractivity contribution in [1.82, 2.24) is 25.2 Å². The van der Waals surface area contributed by atoms with Crippen LogP contribution >= 0.6 is 11.6 Å². The SMILES string of the molecule is COc1cn([C@@H](Cc2ccccc2)C(=O)Nc2ccc(-c3nn[nH]n3)cc2)c(=O)cc1-c1cc(Cl)ccc1C(C)=O. The molecule has 0 radical (unpaired) electrons. The maximum Gasteiger partial charge on any atom is 0.252 e. The number of ketones is 1. The fraction of sp³-hybridized carbons (Fsp3) is 0.133. The standard InChI is InChI=1S/C30H25ClN6O4/c1-18(38)23-13-10-21(31)15-24(23)25-16-28(39)37(17-27(25)41-2)26(14-19-6-4-3-5-7-19)30(40)32-22-11-8-20(9-12-22)29-33-35-36-34-29/h3-13,15-17,26H,14H2,1-2H3,(H,32,40)(H,33,34,35,36)/t26-/m0/s1. The van der Waals surface area contributed by atoms with Gasteiger partial charge in [-0.05, 0) is 65.7 Å². The van der Waals surface area contributed by atoms with E-state index in [1.165, 1.54) is 30.9 Å². The van der Waals surface area contributed by atoms with Crippen molar-refractivity contribution >= 4 is 29.0 Å². The number of hydrogen-bond acceptors (Lipinski definition) is 7. The summed E-state index contributed by atoms with van der Waals surface area (Å²) < 4.78 is 7.00. The first-order valence-corrected chi connectivity index (χ1v) is 13.0. The van der Waals surface area contributed by atoms with Gasteiger partial charge in [0.05, 0.1) is 13.3 Å². The van der Waals surface area contributed by atoms with Crippen molar-refractivity contribution in [3.8, 4) is 28.3 Å². The van der Waals surface area contributed by atoms with Crippen molar-refractivity contribution in [2.75, 3.05) is 12.4 Å². The van der Waals surface area contributed by atoms with Gasteiger partial charge < -0.3 is 10.1 Å². The zero-order valence-corrected chi connectivity index (χ0v) is 22.9. The van der Waals surface area contributed by atoms with Gasteiger partial charge in [0.1, 0.15) is 11.8 Å². The Morgan fingerprint density at radius 2 is 1.78 bits per heavy atom. The Labute approximate surface area is 240 Å². The molecule has 206 valence electrons. The minimum Gasteiger partial charge on any atom is -0.495 e. The van der Waals surface area contributed by atoms with E-state index in [9.17, 15) is 14.4 Å². The zero-order chi connectivity index (χ0) is 28.9. The third-order valence-corrected chi connectivity index (χ3v) is 6.82. The Morgan fingerprint density at radius 3 is 2.44 bits per heavy atom. The number of halogens is 1. The summed E-state index contributed by atoms with van der Waals surface area (Å²) >= 11 is 6.24. The van der Waals surface area contributed by atoms with Crippen molar-refractivity contribution in [2.24, 2.45) is 0 Å². The Balaban J connectivity index is 1.54. The molecule has 0 spiro atoms. The second-order valence-corrected chi connectivity index (χ2v) is 9.69. The molecule has 11 heteroatoms. The molecule has 0 aliphatic heterocycles. The first-order chi connectivity index (χ1) is 19.8. The zero-order valence-electron chi connectivity index (χ0n) is 22.2. The average molecular weight is 569 g/mol. The van der Waals surface area contributed by atoms with Gasteiger partial charge in [-0.3, -0.25) is 19.0 Å². The summed E-state index contributed by atoms with van der Waals surface area (Å²) in [4.78, 5) is 39.6. The summed E-state index contributed by atoms with van der Waals surface area (Å²) in [5.74, 6) is 0.153. The molecule has 0 fully saturated rings. The molecule has 0 saturated heterocycles. The lowest BCUT2D eigenvalue weighted by Gasteiger charge is -2.22. The first kappa shape index (κ1) is 27.5. The van der Waals surface area contributed by atoms with Crippen molar-refractivity contribution in [1.29, 1.82) is 0 Å². The average Bonchev–Trinajstić information content (AvgIpc) is 3.52. The quantitative estimate of drug-likeness (QED) is 0.240. The number of aromatic amines is 1. The fourth-order valence-corrected chi connectivity index (χ4v) is 4.73. The number of nitrogens with zero attached hydrogens (tertiary/aromatic N) is 4. The number of nitrogens with one attached hydrogen (secondary N) is 2. The third kappa shape index (κ3) is 6.07. The van der Waals surface area contributed by atoms with E-state index in [0.717, 1.165) is 11.1 Å². The number of amides is 1. The highest BCUT2D eigenvalue weighted by atomic mass is 35.5. The number of benzene rings is 3. The van der Waals surface area contributed by atoms with E-state index >= 15 is 0 Å². The number of anilines is 1. The number of Topliss-reactive ketones (excluding diaryl/α,β-unsaturated/α-hetero) is 1. The Morgan fingerprint density at radius 1 is 1.02 bits per heavy atom. The number of aromatic nitrogens is 5. The van der Waals surface area contributed by atoms with Crippen LogP contribution in [0.25, 0.3) is 22.5 Å². The van der Waals surface area contributed by atoms with Crippen molar-refractivity contribution < 1.29 is 14.3 Å². The van der Waals surface area contributed by atoms with Crippen LogP contribution in [0.4, 0.5) is 5.69 Å². The molecular formula is C30H25ClN6O4. The van der Waals surface area contributed by atoms with Crippen LogP contribution < -0.4 is 15.6 Å². The van der Waals surface area contributed by atoms with Gasteiger partial charge in [-0.2, -0.15) is 5.21 Å². The van der Waals surface area contributed by atoms with Gasteiger partial charge in [-0.25, -0.2) is 0 Å². The molecule has 0 unspecified atom stereocenters. The molecule has 10 nitrogen and oxygen atoms in total. The molecule has 3 aromatic carbocycles. The number of ether oxygens (including phenoxy) is 1.